The van der Waals surface area contributed by atoms with E-state index in [-0.39, 0.29) is 5.41 Å². The zero-order valence-electron chi connectivity index (χ0n) is 14.2. The van der Waals surface area contributed by atoms with Gasteiger partial charge in [-0.3, -0.25) is 0 Å². The highest BCUT2D eigenvalue weighted by Gasteiger charge is 2.59. The van der Waals surface area contributed by atoms with Crippen LogP contribution in [-0.2, 0) is 0 Å². The van der Waals surface area contributed by atoms with Crippen molar-refractivity contribution in [3.8, 4) is 0 Å². The first kappa shape index (κ1) is 18.0. The highest BCUT2D eigenvalue weighted by Crippen LogP contribution is 2.65. The summed E-state index contributed by atoms with van der Waals surface area (Å²) in [7, 11) is 0. The lowest BCUT2D eigenvalue weighted by Gasteiger charge is -2.46. The fourth-order valence-electron chi connectivity index (χ4n) is 2.74. The van der Waals surface area contributed by atoms with Gasteiger partial charge in [0.1, 0.15) is 0 Å². The van der Waals surface area contributed by atoms with E-state index in [9.17, 15) is 5.11 Å². The Morgan fingerprint density at radius 1 is 1.00 bits per heavy atom. The Labute approximate surface area is 115 Å². The van der Waals surface area contributed by atoms with E-state index in [4.69, 9.17) is 0 Å². The largest absolute Gasteiger partial charge is 0.390 e. The minimum atomic E-state index is -0.583. The summed E-state index contributed by atoms with van der Waals surface area (Å²) in [5, 5.41) is 10.4. The van der Waals surface area contributed by atoms with Crippen LogP contribution in [0, 0.1) is 22.7 Å². The molecule has 1 saturated carbocycles. The summed E-state index contributed by atoms with van der Waals surface area (Å²) in [6.07, 6.45) is 3.85. The summed E-state index contributed by atoms with van der Waals surface area (Å²) in [6, 6.07) is 0. The predicted octanol–water partition coefficient (Wildman–Crippen LogP) is 5.27. The van der Waals surface area contributed by atoms with E-state index >= 15 is 0 Å². The van der Waals surface area contributed by atoms with E-state index in [1.807, 2.05) is 27.7 Å². The molecule has 1 N–H and O–H groups in total. The molecule has 1 nitrogen and oxygen atoms in total. The van der Waals surface area contributed by atoms with Gasteiger partial charge in [0.25, 0.3) is 0 Å². The van der Waals surface area contributed by atoms with Gasteiger partial charge in [-0.25, -0.2) is 0 Å². The van der Waals surface area contributed by atoms with Gasteiger partial charge in [-0.05, 0) is 55.8 Å². The van der Waals surface area contributed by atoms with E-state index in [1.54, 1.807) is 0 Å². The third-order valence-corrected chi connectivity index (χ3v) is 5.56. The highest BCUT2D eigenvalue weighted by atomic mass is 16.3. The van der Waals surface area contributed by atoms with Gasteiger partial charge in [0.15, 0.2) is 0 Å². The first-order chi connectivity index (χ1) is 8.03. The van der Waals surface area contributed by atoms with Crippen molar-refractivity contribution in [2.45, 2.75) is 87.2 Å². The van der Waals surface area contributed by atoms with Crippen molar-refractivity contribution in [1.82, 2.24) is 0 Å². The quantitative estimate of drug-likeness (QED) is 0.710. The van der Waals surface area contributed by atoms with Crippen LogP contribution in [0.5, 0.6) is 0 Å². The molecule has 0 amide bonds. The molecule has 0 bridgehead atoms. The molecule has 0 aromatic rings. The van der Waals surface area contributed by atoms with Crippen LogP contribution in [0.2, 0.25) is 0 Å². The van der Waals surface area contributed by atoms with Crippen molar-refractivity contribution >= 4 is 0 Å². The molecule has 0 aliphatic heterocycles. The third kappa shape index (κ3) is 3.50. The maximum Gasteiger partial charge on any atom is 0.0647 e. The third-order valence-electron chi connectivity index (χ3n) is 5.56. The van der Waals surface area contributed by atoms with Crippen molar-refractivity contribution < 1.29 is 5.11 Å². The molecule has 110 valence electrons. The van der Waals surface area contributed by atoms with Gasteiger partial charge in [0, 0.05) is 0 Å². The standard InChI is InChI=1S/C15H30O.C2H6/c1-11(2)12(3)10-15(8-9-15)13(4,5)14(6,7)16;1-2/h11-12,16H,8-10H2,1-7H3;1-2H3. The molecular formula is C17H36O. The van der Waals surface area contributed by atoms with E-state index in [0.717, 1.165) is 11.8 Å². The summed E-state index contributed by atoms with van der Waals surface area (Å²) < 4.78 is 0. The van der Waals surface area contributed by atoms with Crippen LogP contribution in [-0.4, -0.2) is 10.7 Å². The number of aliphatic hydroxyl groups is 1. The van der Waals surface area contributed by atoms with Crippen molar-refractivity contribution in [3.63, 3.8) is 0 Å². The molecule has 1 atom stereocenters. The van der Waals surface area contributed by atoms with Gasteiger partial charge in [0.2, 0.25) is 0 Å². The lowest BCUT2D eigenvalue weighted by molar-refractivity contribution is -0.0850. The molecule has 1 aliphatic rings. The lowest BCUT2D eigenvalue weighted by Crippen LogP contribution is -2.46. The number of hydrogen-bond donors (Lipinski definition) is 1. The van der Waals surface area contributed by atoms with Crippen molar-refractivity contribution in [2.75, 3.05) is 0 Å². The van der Waals surface area contributed by atoms with Gasteiger partial charge >= 0.3 is 0 Å². The van der Waals surface area contributed by atoms with Gasteiger partial charge in [0.05, 0.1) is 5.60 Å². The average molecular weight is 256 g/mol. The molecule has 0 aromatic heterocycles. The zero-order chi connectivity index (χ0) is 14.8. The van der Waals surface area contributed by atoms with Crippen LogP contribution in [0.1, 0.15) is 81.6 Å². The topological polar surface area (TPSA) is 20.2 Å². The first-order valence-electron chi connectivity index (χ1n) is 7.76. The fraction of sp³-hybridized carbons (Fsp3) is 1.00. The minimum Gasteiger partial charge on any atom is -0.390 e. The average Bonchev–Trinajstić information content (AvgIpc) is 3.00. The predicted molar refractivity (Wildman–Crippen MR) is 81.7 cm³/mol. The van der Waals surface area contributed by atoms with E-state index in [2.05, 4.69) is 34.6 Å². The summed E-state index contributed by atoms with van der Waals surface area (Å²) in [5.74, 6) is 1.50. The molecule has 1 unspecified atom stereocenters. The molecular weight excluding hydrogens is 220 g/mol. The molecule has 1 rings (SSSR count). The van der Waals surface area contributed by atoms with Gasteiger partial charge in [-0.1, -0.05) is 48.5 Å². The summed E-state index contributed by atoms with van der Waals surface area (Å²) in [6.45, 7) is 19.4. The fourth-order valence-corrected chi connectivity index (χ4v) is 2.74. The molecule has 0 saturated heterocycles. The van der Waals surface area contributed by atoms with E-state index in [1.165, 1.54) is 19.3 Å². The second-order valence-corrected chi connectivity index (χ2v) is 7.39. The Bertz CT molecular complexity index is 241. The summed E-state index contributed by atoms with van der Waals surface area (Å²) in [4.78, 5) is 0. The van der Waals surface area contributed by atoms with Crippen molar-refractivity contribution in [2.24, 2.45) is 22.7 Å². The SMILES string of the molecule is CC.CC(C)C(C)CC1(C(C)(C)C(C)(C)O)CC1. The van der Waals surface area contributed by atoms with E-state index < -0.39 is 5.60 Å². The van der Waals surface area contributed by atoms with Crippen LogP contribution in [0.3, 0.4) is 0 Å². The van der Waals surface area contributed by atoms with Crippen LogP contribution < -0.4 is 0 Å². The zero-order valence-corrected chi connectivity index (χ0v) is 14.2. The Kier molecular flexibility index (Phi) is 5.93. The molecule has 0 aromatic carbocycles. The van der Waals surface area contributed by atoms with E-state index in [0.29, 0.717) is 5.41 Å². The summed E-state index contributed by atoms with van der Waals surface area (Å²) >= 11 is 0. The molecule has 1 aliphatic carbocycles. The Balaban J connectivity index is 0.00000137. The molecule has 1 fully saturated rings. The van der Waals surface area contributed by atoms with Crippen LogP contribution in [0.4, 0.5) is 0 Å². The van der Waals surface area contributed by atoms with Crippen LogP contribution in [0.15, 0.2) is 0 Å². The highest BCUT2D eigenvalue weighted by molar-refractivity contribution is 5.09. The molecule has 0 spiro atoms. The summed E-state index contributed by atoms with van der Waals surface area (Å²) in [5.41, 5.74) is -0.182. The lowest BCUT2D eigenvalue weighted by atomic mass is 9.62. The van der Waals surface area contributed by atoms with Crippen molar-refractivity contribution in [1.29, 1.82) is 0 Å². The smallest absolute Gasteiger partial charge is 0.0647 e. The van der Waals surface area contributed by atoms with Crippen LogP contribution in [0.25, 0.3) is 0 Å². The Hall–Kier alpha value is -0.0400. The van der Waals surface area contributed by atoms with Crippen molar-refractivity contribution in [3.05, 3.63) is 0 Å². The molecule has 18 heavy (non-hydrogen) atoms. The number of hydrogen-bond acceptors (Lipinski definition) is 1. The normalized spacial score (nSPS) is 20.2. The first-order valence-corrected chi connectivity index (χ1v) is 7.76. The maximum atomic E-state index is 10.4. The number of rotatable bonds is 5. The molecule has 0 heterocycles. The minimum absolute atomic E-state index is 0.0170. The van der Waals surface area contributed by atoms with Gasteiger partial charge in [-0.2, -0.15) is 0 Å². The maximum absolute atomic E-state index is 10.4. The second-order valence-electron chi connectivity index (χ2n) is 7.39. The Morgan fingerprint density at radius 2 is 1.39 bits per heavy atom. The second kappa shape index (κ2) is 5.94. The molecule has 0 radical (unpaired) electrons. The Morgan fingerprint density at radius 3 is 1.61 bits per heavy atom. The monoisotopic (exact) mass is 256 g/mol. The van der Waals surface area contributed by atoms with Gasteiger partial charge in [-0.15, -0.1) is 0 Å². The molecule has 1 heteroatoms. The van der Waals surface area contributed by atoms with Gasteiger partial charge < -0.3 is 5.11 Å². The van der Waals surface area contributed by atoms with Crippen LogP contribution >= 0.6 is 0 Å².